The van der Waals surface area contributed by atoms with Crippen molar-refractivity contribution in [3.63, 3.8) is 0 Å². The number of ether oxygens (including phenoxy) is 1. The predicted octanol–water partition coefficient (Wildman–Crippen LogP) is 3.13. The summed E-state index contributed by atoms with van der Waals surface area (Å²) in [6.07, 6.45) is 2.15. The summed E-state index contributed by atoms with van der Waals surface area (Å²) in [4.78, 5) is 16.7. The summed E-state index contributed by atoms with van der Waals surface area (Å²) in [6.45, 7) is -0.293. The van der Waals surface area contributed by atoms with Gasteiger partial charge in [-0.25, -0.2) is 8.42 Å². The highest BCUT2D eigenvalue weighted by atomic mass is 35.5. The van der Waals surface area contributed by atoms with Crippen molar-refractivity contribution in [3.05, 3.63) is 53.1 Å². The fourth-order valence-corrected chi connectivity index (χ4v) is 5.04. The Bertz CT molecular complexity index is 1160. The summed E-state index contributed by atoms with van der Waals surface area (Å²) < 4.78 is 52.4. The van der Waals surface area contributed by atoms with Gasteiger partial charge in [0, 0.05) is 34.6 Å². The van der Waals surface area contributed by atoms with Gasteiger partial charge in [0.15, 0.2) is 9.84 Å². The van der Waals surface area contributed by atoms with Crippen LogP contribution in [0.3, 0.4) is 0 Å². The first-order chi connectivity index (χ1) is 15.4. The highest BCUT2D eigenvalue weighted by Crippen LogP contribution is 2.48. The minimum absolute atomic E-state index is 0.240. The number of carbonyl (C=O) groups excluding carboxylic acids is 1. The second-order valence-electron chi connectivity index (χ2n) is 7.82. The molecule has 0 unspecified atom stereocenters. The van der Waals surface area contributed by atoms with Gasteiger partial charge in [-0.1, -0.05) is 11.6 Å². The van der Waals surface area contributed by atoms with E-state index in [-0.39, 0.29) is 10.8 Å². The molecule has 2 aromatic rings. The van der Waals surface area contributed by atoms with Crippen LogP contribution in [-0.2, 0) is 20.0 Å². The van der Waals surface area contributed by atoms with E-state index in [2.05, 4.69) is 4.90 Å². The van der Waals surface area contributed by atoms with Crippen molar-refractivity contribution in [2.45, 2.75) is 23.2 Å². The smallest absolute Gasteiger partial charge is 0.237 e. The van der Waals surface area contributed by atoms with Gasteiger partial charge < -0.3 is 9.64 Å². The van der Waals surface area contributed by atoms with Crippen molar-refractivity contribution >= 4 is 33.0 Å². The quantitative estimate of drug-likeness (QED) is 0.698. The standard InChI is InChI=1S/C22H25ClN2O4S/c1-24-20-8-3-16(23)15-19(20)22(21(24)26)9-11-25(12-10-22)13-14-29-17-4-6-18(7-5-17)30(2,27)28/h3-8,15H,9-14H2,1-2H3/i1D3. The summed E-state index contributed by atoms with van der Waals surface area (Å²) in [5, 5.41) is 0.478. The zero-order valence-electron chi connectivity index (χ0n) is 19.6. The molecule has 2 aromatic carbocycles. The zero-order chi connectivity index (χ0) is 24.0. The summed E-state index contributed by atoms with van der Waals surface area (Å²) in [6, 6.07) is 11.2. The number of carbonyl (C=O) groups is 1. The number of amides is 1. The highest BCUT2D eigenvalue weighted by molar-refractivity contribution is 7.90. The molecule has 0 radical (unpaired) electrons. The number of likely N-dealkylation sites (N-methyl/N-ethyl adjacent to an activating group) is 1. The summed E-state index contributed by atoms with van der Waals surface area (Å²) in [7, 11) is -3.25. The molecule has 2 aliphatic rings. The number of likely N-dealkylation sites (tertiary alicyclic amines) is 1. The van der Waals surface area contributed by atoms with E-state index in [0.29, 0.717) is 61.1 Å². The Morgan fingerprint density at radius 1 is 1.17 bits per heavy atom. The third-order valence-electron chi connectivity index (χ3n) is 5.97. The van der Waals surface area contributed by atoms with Crippen LogP contribution in [0.5, 0.6) is 5.75 Å². The molecule has 0 atom stereocenters. The Morgan fingerprint density at radius 3 is 2.50 bits per heavy atom. The normalized spacial score (nSPS) is 20.5. The molecule has 1 fully saturated rings. The van der Waals surface area contributed by atoms with Crippen LogP contribution in [0, 0.1) is 0 Å². The SMILES string of the molecule is [2H]C([2H])([2H])N1C(=O)C2(CCN(CCOc3ccc(S(C)(=O)=O)cc3)CC2)c2cc(Cl)ccc21. The number of sulfone groups is 1. The predicted molar refractivity (Wildman–Crippen MR) is 117 cm³/mol. The van der Waals surface area contributed by atoms with Gasteiger partial charge in [-0.05, 0) is 74.0 Å². The number of hydrogen-bond donors (Lipinski definition) is 0. The molecular weight excluding hydrogens is 424 g/mol. The second-order valence-corrected chi connectivity index (χ2v) is 10.3. The maximum atomic E-state index is 13.3. The van der Waals surface area contributed by atoms with Crippen LogP contribution >= 0.6 is 11.6 Å². The Kier molecular flexibility index (Phi) is 4.61. The Morgan fingerprint density at radius 2 is 1.87 bits per heavy atom. The highest BCUT2D eigenvalue weighted by Gasteiger charge is 2.50. The Labute approximate surface area is 186 Å². The number of fused-ring (bicyclic) bond motifs is 2. The van der Waals surface area contributed by atoms with Gasteiger partial charge in [0.25, 0.3) is 0 Å². The summed E-state index contributed by atoms with van der Waals surface area (Å²) >= 11 is 6.19. The first kappa shape index (κ1) is 17.6. The van der Waals surface area contributed by atoms with E-state index in [4.69, 9.17) is 20.5 Å². The molecular formula is C22H25ClN2O4S. The Hall–Kier alpha value is -2.09. The maximum absolute atomic E-state index is 13.3. The number of hydrogen-bond acceptors (Lipinski definition) is 5. The lowest BCUT2D eigenvalue weighted by Crippen LogP contribution is -2.48. The number of piperidine rings is 1. The molecule has 0 aliphatic carbocycles. The second kappa shape index (κ2) is 7.87. The van der Waals surface area contributed by atoms with Gasteiger partial charge in [-0.3, -0.25) is 9.69 Å². The third-order valence-corrected chi connectivity index (χ3v) is 7.33. The lowest BCUT2D eigenvalue weighted by atomic mass is 9.73. The molecule has 8 heteroatoms. The molecule has 4 rings (SSSR count). The first-order valence-electron chi connectivity index (χ1n) is 11.2. The number of rotatable bonds is 5. The zero-order valence-corrected chi connectivity index (χ0v) is 18.2. The average molecular weight is 452 g/mol. The van der Waals surface area contributed by atoms with Gasteiger partial charge >= 0.3 is 0 Å². The average Bonchev–Trinajstić information content (AvgIpc) is 2.97. The fourth-order valence-electron chi connectivity index (χ4n) is 4.24. The minimum atomic E-state index is -3.25. The largest absolute Gasteiger partial charge is 0.492 e. The minimum Gasteiger partial charge on any atom is -0.492 e. The van der Waals surface area contributed by atoms with Crippen molar-refractivity contribution in [1.82, 2.24) is 4.90 Å². The maximum Gasteiger partial charge on any atom is 0.237 e. The molecule has 2 heterocycles. The van der Waals surface area contributed by atoms with E-state index in [1.807, 2.05) is 0 Å². The summed E-state index contributed by atoms with van der Waals surface area (Å²) in [5.74, 6) is 0.195. The van der Waals surface area contributed by atoms with Crippen molar-refractivity contribution in [1.29, 1.82) is 0 Å². The van der Waals surface area contributed by atoms with Crippen LogP contribution in [0.1, 0.15) is 22.5 Å². The van der Waals surface area contributed by atoms with Gasteiger partial charge in [0.2, 0.25) is 5.91 Å². The third kappa shape index (κ3) is 3.82. The molecule has 1 spiro atoms. The molecule has 2 aliphatic heterocycles. The molecule has 0 aromatic heterocycles. The number of halogens is 1. The molecule has 0 N–H and O–H groups in total. The topological polar surface area (TPSA) is 66.9 Å². The van der Waals surface area contributed by atoms with Gasteiger partial charge in [0.05, 0.1) is 10.3 Å². The lowest BCUT2D eigenvalue weighted by Gasteiger charge is -2.38. The summed E-state index contributed by atoms with van der Waals surface area (Å²) in [5.41, 5.74) is 0.227. The van der Waals surface area contributed by atoms with Gasteiger partial charge in [-0.2, -0.15) is 0 Å². The van der Waals surface area contributed by atoms with Crippen LogP contribution in [-0.4, -0.2) is 58.7 Å². The molecule has 160 valence electrons. The first-order valence-corrected chi connectivity index (χ1v) is 12.0. The van der Waals surface area contributed by atoms with E-state index < -0.39 is 22.2 Å². The van der Waals surface area contributed by atoms with Crippen molar-refractivity contribution in [2.24, 2.45) is 0 Å². The fraction of sp³-hybridized carbons (Fsp3) is 0.409. The van der Waals surface area contributed by atoms with Crippen molar-refractivity contribution in [2.75, 3.05) is 44.4 Å². The molecule has 6 nitrogen and oxygen atoms in total. The van der Waals surface area contributed by atoms with Gasteiger partial charge in [0.1, 0.15) is 12.4 Å². The van der Waals surface area contributed by atoms with E-state index in [1.165, 1.54) is 12.1 Å². The van der Waals surface area contributed by atoms with Crippen LogP contribution in [0.4, 0.5) is 5.69 Å². The molecule has 0 saturated carbocycles. The van der Waals surface area contributed by atoms with Crippen molar-refractivity contribution < 1.29 is 22.1 Å². The monoisotopic (exact) mass is 451 g/mol. The van der Waals surface area contributed by atoms with E-state index in [0.717, 1.165) is 11.2 Å². The Balaban J connectivity index is 1.40. The van der Waals surface area contributed by atoms with Crippen LogP contribution < -0.4 is 9.64 Å². The van der Waals surface area contributed by atoms with E-state index >= 15 is 0 Å². The molecule has 1 amide bonds. The number of nitrogens with zero attached hydrogens (tertiary/aromatic N) is 2. The molecule has 0 bridgehead atoms. The van der Waals surface area contributed by atoms with Crippen LogP contribution in [0.2, 0.25) is 5.02 Å². The lowest BCUT2D eigenvalue weighted by molar-refractivity contribution is -0.124. The number of benzene rings is 2. The van der Waals surface area contributed by atoms with Crippen LogP contribution in [0.15, 0.2) is 47.4 Å². The van der Waals surface area contributed by atoms with Gasteiger partial charge in [-0.15, -0.1) is 0 Å². The van der Waals surface area contributed by atoms with E-state index in [9.17, 15) is 13.2 Å². The number of anilines is 1. The molecule has 30 heavy (non-hydrogen) atoms. The molecule has 1 saturated heterocycles. The van der Waals surface area contributed by atoms with E-state index in [1.54, 1.807) is 30.3 Å². The van der Waals surface area contributed by atoms with Crippen LogP contribution in [0.25, 0.3) is 0 Å². The van der Waals surface area contributed by atoms with Crippen molar-refractivity contribution in [3.8, 4) is 5.75 Å².